The molecule has 4 heteroatoms. The van der Waals surface area contributed by atoms with Crippen LogP contribution in [0.2, 0.25) is 0 Å². The van der Waals surface area contributed by atoms with Gasteiger partial charge < -0.3 is 5.32 Å². The zero-order valence-corrected chi connectivity index (χ0v) is 13.1. The molecule has 1 aromatic heterocycles. The summed E-state index contributed by atoms with van der Waals surface area (Å²) in [7, 11) is 0. The Hall–Kier alpha value is -0.480. The van der Waals surface area contributed by atoms with Gasteiger partial charge in [-0.3, -0.25) is 4.99 Å². The van der Waals surface area contributed by atoms with Crippen LogP contribution in [-0.2, 0) is 0 Å². The molecule has 0 amide bonds. The van der Waals surface area contributed by atoms with Crippen LogP contribution in [0.3, 0.4) is 0 Å². The molecule has 0 fully saturated rings. The second kappa shape index (κ2) is 6.11. The molecule has 1 aliphatic heterocycles. The average molecular weight is 282 g/mol. The Balaban J connectivity index is 1.99. The smallest absolute Gasteiger partial charge is 0.157 e. The first-order valence-electron chi connectivity index (χ1n) is 6.59. The van der Waals surface area contributed by atoms with Crippen LogP contribution in [0.4, 0.5) is 0 Å². The molecule has 100 valence electrons. The van der Waals surface area contributed by atoms with E-state index in [1.54, 1.807) is 0 Å². The molecule has 0 bridgehead atoms. The number of hydrogen-bond donors (Lipinski definition) is 1. The second-order valence-electron chi connectivity index (χ2n) is 5.43. The normalized spacial score (nSPS) is 21.4. The molecule has 2 heterocycles. The summed E-state index contributed by atoms with van der Waals surface area (Å²) in [5, 5.41) is 7.54. The third-order valence-electron chi connectivity index (χ3n) is 3.22. The minimum Gasteiger partial charge on any atom is -0.357 e. The van der Waals surface area contributed by atoms with E-state index in [4.69, 9.17) is 0 Å². The predicted octanol–water partition coefficient (Wildman–Crippen LogP) is 4.16. The van der Waals surface area contributed by atoms with E-state index in [0.717, 1.165) is 11.7 Å². The largest absolute Gasteiger partial charge is 0.357 e. The minimum atomic E-state index is 0.391. The summed E-state index contributed by atoms with van der Waals surface area (Å²) in [5.41, 5.74) is 0. The number of aliphatic imine (C=N–C) groups is 1. The fourth-order valence-electron chi connectivity index (χ4n) is 1.98. The third-order valence-corrected chi connectivity index (χ3v) is 5.64. The zero-order valence-electron chi connectivity index (χ0n) is 11.5. The summed E-state index contributed by atoms with van der Waals surface area (Å²) in [6.07, 6.45) is 0. The number of thiophene rings is 1. The maximum atomic E-state index is 4.64. The van der Waals surface area contributed by atoms with Crippen molar-refractivity contribution >= 4 is 28.3 Å². The zero-order chi connectivity index (χ0) is 13.1. The third kappa shape index (κ3) is 3.29. The highest BCUT2D eigenvalue weighted by atomic mass is 32.2. The minimum absolute atomic E-state index is 0.391. The first-order valence-corrected chi connectivity index (χ1v) is 8.35. The Morgan fingerprint density at radius 1 is 1.33 bits per heavy atom. The first-order chi connectivity index (χ1) is 8.58. The summed E-state index contributed by atoms with van der Waals surface area (Å²) in [6, 6.07) is 4.72. The van der Waals surface area contributed by atoms with Gasteiger partial charge in [0.05, 0.1) is 12.6 Å². The highest BCUT2D eigenvalue weighted by Gasteiger charge is 2.25. The van der Waals surface area contributed by atoms with Crippen LogP contribution in [0.25, 0.3) is 0 Å². The van der Waals surface area contributed by atoms with Gasteiger partial charge in [-0.25, -0.2) is 0 Å². The Morgan fingerprint density at radius 3 is 2.61 bits per heavy atom. The molecule has 2 nitrogen and oxygen atoms in total. The highest BCUT2D eigenvalue weighted by molar-refractivity contribution is 8.14. The number of rotatable bonds is 4. The molecule has 0 aromatic carbocycles. The fourth-order valence-corrected chi connectivity index (χ4v) is 3.99. The van der Waals surface area contributed by atoms with Gasteiger partial charge in [0.15, 0.2) is 5.17 Å². The molecule has 1 N–H and O–H groups in total. The van der Waals surface area contributed by atoms with E-state index >= 15 is 0 Å². The van der Waals surface area contributed by atoms with Crippen LogP contribution in [0.5, 0.6) is 0 Å². The molecule has 0 aliphatic carbocycles. The lowest BCUT2D eigenvalue weighted by Gasteiger charge is -2.22. The molecular weight excluding hydrogens is 260 g/mol. The Kier molecular flexibility index (Phi) is 4.73. The van der Waals surface area contributed by atoms with E-state index in [9.17, 15) is 0 Å². The van der Waals surface area contributed by atoms with Gasteiger partial charge in [-0.1, -0.05) is 45.5 Å². The van der Waals surface area contributed by atoms with Gasteiger partial charge in [0.2, 0.25) is 0 Å². The predicted molar refractivity (Wildman–Crippen MR) is 83.6 cm³/mol. The maximum Gasteiger partial charge on any atom is 0.157 e. The number of nitrogens with one attached hydrogen (secondary N) is 1. The summed E-state index contributed by atoms with van der Waals surface area (Å²) in [5.74, 6) is 1.27. The maximum absolute atomic E-state index is 4.64. The topological polar surface area (TPSA) is 24.4 Å². The summed E-state index contributed by atoms with van der Waals surface area (Å²) in [4.78, 5) is 6.05. The van der Waals surface area contributed by atoms with Crippen LogP contribution in [0.1, 0.15) is 38.6 Å². The number of amidine groups is 1. The van der Waals surface area contributed by atoms with Gasteiger partial charge in [-0.15, -0.1) is 11.3 Å². The quantitative estimate of drug-likeness (QED) is 0.896. The molecule has 2 unspecified atom stereocenters. The van der Waals surface area contributed by atoms with Gasteiger partial charge >= 0.3 is 0 Å². The molecule has 2 atom stereocenters. The molecule has 1 aromatic rings. The van der Waals surface area contributed by atoms with Gasteiger partial charge in [-0.2, -0.15) is 0 Å². The molecule has 0 saturated heterocycles. The molecule has 0 saturated carbocycles. The second-order valence-corrected chi connectivity index (χ2v) is 7.63. The van der Waals surface area contributed by atoms with Crippen molar-refractivity contribution in [1.82, 2.24) is 5.32 Å². The van der Waals surface area contributed by atoms with Gasteiger partial charge in [-0.05, 0) is 23.3 Å². The van der Waals surface area contributed by atoms with Crippen molar-refractivity contribution in [2.45, 2.75) is 39.0 Å². The van der Waals surface area contributed by atoms with Crippen molar-refractivity contribution in [2.75, 3.05) is 6.54 Å². The van der Waals surface area contributed by atoms with Crippen molar-refractivity contribution in [1.29, 1.82) is 0 Å². The first kappa shape index (κ1) is 13.9. The molecule has 0 radical (unpaired) electrons. The van der Waals surface area contributed by atoms with Crippen LogP contribution < -0.4 is 5.32 Å². The van der Waals surface area contributed by atoms with Crippen molar-refractivity contribution in [3.63, 3.8) is 0 Å². The lowest BCUT2D eigenvalue weighted by Crippen LogP contribution is -2.29. The van der Waals surface area contributed by atoms with Gasteiger partial charge in [0.25, 0.3) is 0 Å². The number of hydrogen-bond acceptors (Lipinski definition) is 4. The molecule has 1 aliphatic rings. The number of thioether (sulfide) groups is 1. The fraction of sp³-hybridized carbons (Fsp3) is 0.643. The number of nitrogens with zero attached hydrogens (tertiary/aromatic N) is 1. The molecule has 2 rings (SSSR count). The van der Waals surface area contributed by atoms with E-state index < -0.39 is 0 Å². The molecule has 0 spiro atoms. The summed E-state index contributed by atoms with van der Waals surface area (Å²) < 4.78 is 0. The van der Waals surface area contributed by atoms with E-state index in [0.29, 0.717) is 23.1 Å². The van der Waals surface area contributed by atoms with Crippen molar-refractivity contribution in [3.05, 3.63) is 22.4 Å². The molecule has 18 heavy (non-hydrogen) atoms. The Morgan fingerprint density at radius 2 is 2.11 bits per heavy atom. The van der Waals surface area contributed by atoms with Crippen molar-refractivity contribution in [2.24, 2.45) is 16.8 Å². The monoisotopic (exact) mass is 282 g/mol. The van der Waals surface area contributed by atoms with Crippen molar-refractivity contribution < 1.29 is 0 Å². The van der Waals surface area contributed by atoms with Crippen molar-refractivity contribution in [3.8, 4) is 0 Å². The van der Waals surface area contributed by atoms with Crippen LogP contribution in [-0.4, -0.2) is 17.0 Å². The van der Waals surface area contributed by atoms with E-state index in [-0.39, 0.29) is 0 Å². The Bertz CT molecular complexity index is 396. The Labute approximate surface area is 118 Å². The highest BCUT2D eigenvalue weighted by Crippen LogP contribution is 2.30. The SMILES string of the molecule is CC(C)C1CN=C(NC(c2cccs2)C(C)C)S1. The molecular formula is C14H22N2S2. The lowest BCUT2D eigenvalue weighted by atomic mass is 10.0. The van der Waals surface area contributed by atoms with Gasteiger partial charge in [0.1, 0.15) is 0 Å². The van der Waals surface area contributed by atoms with E-state index in [1.165, 1.54) is 4.88 Å². The van der Waals surface area contributed by atoms with E-state index in [2.05, 4.69) is 55.5 Å². The average Bonchev–Trinajstić information content (AvgIpc) is 2.96. The van der Waals surface area contributed by atoms with Crippen LogP contribution >= 0.6 is 23.1 Å². The van der Waals surface area contributed by atoms with Gasteiger partial charge in [0, 0.05) is 10.1 Å². The summed E-state index contributed by atoms with van der Waals surface area (Å²) >= 11 is 3.73. The lowest BCUT2D eigenvalue weighted by molar-refractivity contribution is 0.481. The van der Waals surface area contributed by atoms with E-state index in [1.807, 2.05) is 23.1 Å². The standard InChI is InChI=1S/C14H22N2S2/c1-9(2)12-8-15-14(18-12)16-13(10(3)4)11-6-5-7-17-11/h5-7,9-10,12-13H,8H2,1-4H3,(H,15,16). The summed E-state index contributed by atoms with van der Waals surface area (Å²) in [6.45, 7) is 10.0. The van der Waals surface area contributed by atoms with Crippen LogP contribution in [0, 0.1) is 11.8 Å². The van der Waals surface area contributed by atoms with Crippen LogP contribution in [0.15, 0.2) is 22.5 Å².